The van der Waals surface area contributed by atoms with Gasteiger partial charge in [0.1, 0.15) is 24.1 Å². The van der Waals surface area contributed by atoms with Gasteiger partial charge in [0.2, 0.25) is 0 Å². The molecule has 2 N–H and O–H groups in total. The Morgan fingerprint density at radius 1 is 1.08 bits per heavy atom. The Morgan fingerprint density at radius 2 is 1.84 bits per heavy atom. The van der Waals surface area contributed by atoms with Crippen molar-refractivity contribution < 1.29 is 22.6 Å². The van der Waals surface area contributed by atoms with Gasteiger partial charge in [0.05, 0.1) is 12.1 Å². The maximum atomic E-state index is 14.2. The van der Waals surface area contributed by atoms with Crippen LogP contribution in [0.1, 0.15) is 24.9 Å². The van der Waals surface area contributed by atoms with Crippen LogP contribution in [0, 0.1) is 0 Å². The summed E-state index contributed by atoms with van der Waals surface area (Å²) in [5.74, 6) is 0.994. The first-order valence-electron chi connectivity index (χ1n) is 11.6. The normalized spacial score (nSPS) is 18.8. The summed E-state index contributed by atoms with van der Waals surface area (Å²) in [5.41, 5.74) is 7.16. The van der Waals surface area contributed by atoms with E-state index in [2.05, 4.69) is 10.2 Å². The molecule has 206 valence electrons. The number of benzene rings is 1. The van der Waals surface area contributed by atoms with Crippen LogP contribution in [0.3, 0.4) is 0 Å². The molecule has 1 fully saturated rings. The molecule has 38 heavy (non-hydrogen) atoms. The van der Waals surface area contributed by atoms with Crippen LogP contribution in [0.4, 0.5) is 13.2 Å². The molecule has 1 aromatic carbocycles. The Balaban J connectivity index is 0.00000200. The number of ether oxygens (including phenoxy) is 2. The van der Waals surface area contributed by atoms with Gasteiger partial charge in [-0.15, -0.1) is 35.0 Å². The largest absolute Gasteiger partial charge is 0.491 e. The van der Waals surface area contributed by atoms with Crippen molar-refractivity contribution in [1.82, 2.24) is 24.5 Å². The van der Waals surface area contributed by atoms with E-state index >= 15 is 0 Å². The highest BCUT2D eigenvalue weighted by molar-refractivity contribution is 5.85. The zero-order valence-corrected chi connectivity index (χ0v) is 22.4. The van der Waals surface area contributed by atoms with Gasteiger partial charge < -0.3 is 15.2 Å². The number of nitrogens with two attached hydrogens (primary N) is 1. The summed E-state index contributed by atoms with van der Waals surface area (Å²) in [6.45, 7) is 3.07. The van der Waals surface area contributed by atoms with E-state index < -0.39 is 17.8 Å². The molecule has 2 atom stereocenters. The number of nitrogens with zero attached hydrogens (tertiary/aromatic N) is 5. The maximum Gasteiger partial charge on any atom is 0.408 e. The highest BCUT2D eigenvalue weighted by Crippen LogP contribution is 2.41. The van der Waals surface area contributed by atoms with E-state index in [9.17, 15) is 13.2 Å². The topological polar surface area (TPSA) is 90.8 Å². The average Bonchev–Trinajstić information content (AvgIpc) is 3.40. The number of halogens is 5. The van der Waals surface area contributed by atoms with Crippen molar-refractivity contribution >= 4 is 41.4 Å². The molecule has 0 saturated carbocycles. The number of pyridine rings is 2. The first-order valence-corrected chi connectivity index (χ1v) is 11.6. The fourth-order valence-corrected chi connectivity index (χ4v) is 4.65. The number of methoxy groups -OCH3 is 1. The molecule has 8 nitrogen and oxygen atoms in total. The Labute approximate surface area is 230 Å². The molecule has 0 radical (unpaired) electrons. The van der Waals surface area contributed by atoms with Crippen molar-refractivity contribution in [2.24, 2.45) is 5.73 Å². The number of rotatable bonds is 7. The standard InChI is InChI=1S/C25H27F3N6O2.2ClH/c1-24(29)9-10-33(15-24)22(25(26,27)28)17-5-8-21-31-32-23(34(21)14-17)19-7-4-16-3-6-18(13-20(16)30-19)36-12-11-35-2;;/h3-8,13-14,22H,9-12,15,29H2,1-2H3;2*1H/t22-,24-;;/m0../s1. The summed E-state index contributed by atoms with van der Waals surface area (Å²) in [7, 11) is 1.60. The molecule has 1 aliphatic heterocycles. The number of hydrogen-bond acceptors (Lipinski definition) is 7. The monoisotopic (exact) mass is 572 g/mol. The molecule has 3 aromatic heterocycles. The Bertz CT molecular complexity index is 1400. The summed E-state index contributed by atoms with van der Waals surface area (Å²) in [4.78, 5) is 6.09. The molecule has 4 heterocycles. The highest BCUT2D eigenvalue weighted by Gasteiger charge is 2.48. The van der Waals surface area contributed by atoms with Crippen LogP contribution in [-0.2, 0) is 4.74 Å². The quantitative estimate of drug-likeness (QED) is 0.317. The summed E-state index contributed by atoms with van der Waals surface area (Å²) >= 11 is 0. The first kappa shape index (κ1) is 29.9. The summed E-state index contributed by atoms with van der Waals surface area (Å²) in [6, 6.07) is 10.4. The molecule has 0 bridgehead atoms. The minimum Gasteiger partial charge on any atom is -0.491 e. The second kappa shape index (κ2) is 11.6. The van der Waals surface area contributed by atoms with E-state index in [4.69, 9.17) is 20.2 Å². The van der Waals surface area contributed by atoms with E-state index in [1.54, 1.807) is 36.6 Å². The second-order valence-corrected chi connectivity index (χ2v) is 9.43. The smallest absolute Gasteiger partial charge is 0.408 e. The van der Waals surface area contributed by atoms with Gasteiger partial charge >= 0.3 is 6.18 Å². The van der Waals surface area contributed by atoms with Gasteiger partial charge in [0.15, 0.2) is 11.5 Å². The van der Waals surface area contributed by atoms with Gasteiger partial charge in [0, 0.05) is 43.4 Å². The van der Waals surface area contributed by atoms with E-state index in [0.717, 1.165) is 5.39 Å². The van der Waals surface area contributed by atoms with Gasteiger partial charge in [-0.25, -0.2) is 4.98 Å². The minimum atomic E-state index is -4.47. The van der Waals surface area contributed by atoms with Crippen LogP contribution >= 0.6 is 24.8 Å². The SMILES string of the molecule is COCCOc1ccc2ccc(-c3nnc4ccc([C@H](N5CC[C@](C)(N)C5)C(F)(F)F)cn34)nc2c1.Cl.Cl. The van der Waals surface area contributed by atoms with Crippen LogP contribution in [0.25, 0.3) is 28.1 Å². The van der Waals surface area contributed by atoms with Crippen LogP contribution < -0.4 is 10.5 Å². The number of likely N-dealkylation sites (tertiary alicyclic amines) is 1. The van der Waals surface area contributed by atoms with Gasteiger partial charge in [-0.2, -0.15) is 13.2 Å². The van der Waals surface area contributed by atoms with Crippen LogP contribution in [0.5, 0.6) is 5.75 Å². The Hall–Kier alpha value is -2.70. The number of fused-ring (bicyclic) bond motifs is 2. The molecule has 13 heteroatoms. The van der Waals surface area contributed by atoms with Crippen LogP contribution in [0.15, 0.2) is 48.7 Å². The third-order valence-corrected chi connectivity index (χ3v) is 6.40. The van der Waals surface area contributed by atoms with Gasteiger partial charge in [-0.1, -0.05) is 12.1 Å². The number of hydrogen-bond donors (Lipinski definition) is 1. The molecule has 0 spiro atoms. The Kier molecular flexibility index (Phi) is 9.10. The summed E-state index contributed by atoms with van der Waals surface area (Å²) < 4.78 is 54.9. The predicted octanol–water partition coefficient (Wildman–Crippen LogP) is 4.84. The number of aromatic nitrogens is 4. The summed E-state index contributed by atoms with van der Waals surface area (Å²) in [5, 5.41) is 9.26. The lowest BCUT2D eigenvalue weighted by molar-refractivity contribution is -0.184. The molecule has 0 amide bonds. The lowest BCUT2D eigenvalue weighted by Crippen LogP contribution is -2.43. The third-order valence-electron chi connectivity index (χ3n) is 6.40. The predicted molar refractivity (Wildman–Crippen MR) is 143 cm³/mol. The molecule has 4 aromatic rings. The average molecular weight is 573 g/mol. The maximum absolute atomic E-state index is 14.2. The molecule has 1 aliphatic rings. The minimum absolute atomic E-state index is 0. The van der Waals surface area contributed by atoms with Crippen molar-refractivity contribution in [2.45, 2.75) is 31.1 Å². The fraction of sp³-hybridized carbons (Fsp3) is 0.400. The zero-order valence-electron chi connectivity index (χ0n) is 20.8. The van der Waals surface area contributed by atoms with Crippen LogP contribution in [0.2, 0.25) is 0 Å². The zero-order chi connectivity index (χ0) is 25.5. The third kappa shape index (κ3) is 6.13. The van der Waals surface area contributed by atoms with Gasteiger partial charge in [0.25, 0.3) is 0 Å². The van der Waals surface area contributed by atoms with Gasteiger partial charge in [-0.05, 0) is 43.2 Å². The highest BCUT2D eigenvalue weighted by atomic mass is 35.5. The fourth-order valence-electron chi connectivity index (χ4n) is 4.65. The molecular weight excluding hydrogens is 544 g/mol. The van der Waals surface area contributed by atoms with Gasteiger partial charge in [-0.3, -0.25) is 9.30 Å². The van der Waals surface area contributed by atoms with Crippen LogP contribution in [-0.4, -0.2) is 69.6 Å². The van der Waals surface area contributed by atoms with Crippen molar-refractivity contribution in [3.63, 3.8) is 0 Å². The summed E-state index contributed by atoms with van der Waals surface area (Å²) in [6.07, 6.45) is -2.52. The van der Waals surface area contributed by atoms with E-state index in [1.807, 2.05) is 18.2 Å². The Morgan fingerprint density at radius 3 is 2.53 bits per heavy atom. The van der Waals surface area contributed by atoms with E-state index in [0.29, 0.717) is 48.1 Å². The molecule has 0 aliphatic carbocycles. The van der Waals surface area contributed by atoms with E-state index in [1.165, 1.54) is 17.2 Å². The van der Waals surface area contributed by atoms with E-state index in [-0.39, 0.29) is 43.5 Å². The number of alkyl halides is 3. The second-order valence-electron chi connectivity index (χ2n) is 9.43. The van der Waals surface area contributed by atoms with Crippen molar-refractivity contribution in [3.05, 3.63) is 54.2 Å². The molecule has 5 rings (SSSR count). The lowest BCUT2D eigenvalue weighted by Gasteiger charge is -2.31. The first-order chi connectivity index (χ1) is 17.1. The molecule has 1 saturated heterocycles. The van der Waals surface area contributed by atoms with Crippen molar-refractivity contribution in [1.29, 1.82) is 0 Å². The van der Waals surface area contributed by atoms with Crippen molar-refractivity contribution in [3.8, 4) is 17.3 Å². The molecular formula is C25H29Cl2F3N6O2. The molecule has 0 unspecified atom stereocenters. The van der Waals surface area contributed by atoms with Crippen molar-refractivity contribution in [2.75, 3.05) is 33.4 Å². The lowest BCUT2D eigenvalue weighted by atomic mass is 10.0.